The zero-order chi connectivity index (χ0) is 15.0. The summed E-state index contributed by atoms with van der Waals surface area (Å²) in [5, 5.41) is 0. The zero-order valence-corrected chi connectivity index (χ0v) is 13.1. The van der Waals surface area contributed by atoms with Crippen LogP contribution in [0, 0.1) is 13.8 Å². The van der Waals surface area contributed by atoms with Gasteiger partial charge in [-0.15, -0.1) is 0 Å². The maximum absolute atomic E-state index is 6.94. The molecule has 2 nitrogen and oxygen atoms in total. The van der Waals surface area contributed by atoms with Gasteiger partial charge < -0.3 is 10.5 Å². The van der Waals surface area contributed by atoms with E-state index in [1.54, 1.807) is 7.11 Å². The predicted molar refractivity (Wildman–Crippen MR) is 86.8 cm³/mol. The van der Waals surface area contributed by atoms with Gasteiger partial charge in [0.1, 0.15) is 5.75 Å². The van der Waals surface area contributed by atoms with Crippen LogP contribution in [0.5, 0.6) is 5.75 Å². The van der Waals surface area contributed by atoms with Crippen LogP contribution < -0.4 is 10.5 Å². The van der Waals surface area contributed by atoms with Gasteiger partial charge in [0.2, 0.25) is 0 Å². The Morgan fingerprint density at radius 3 is 2.67 bits per heavy atom. The number of benzene rings is 2. The van der Waals surface area contributed by atoms with Crippen molar-refractivity contribution in [3.05, 3.63) is 64.2 Å². The molecule has 0 spiro atoms. The van der Waals surface area contributed by atoms with Crippen molar-refractivity contribution >= 4 is 0 Å². The molecule has 2 heteroatoms. The van der Waals surface area contributed by atoms with Crippen LogP contribution in [0.25, 0.3) is 0 Å². The third-order valence-corrected chi connectivity index (χ3v) is 4.62. The van der Waals surface area contributed by atoms with Crippen molar-refractivity contribution in [1.82, 2.24) is 0 Å². The highest BCUT2D eigenvalue weighted by atomic mass is 16.5. The molecule has 0 aromatic heterocycles. The van der Waals surface area contributed by atoms with Gasteiger partial charge in [0.05, 0.1) is 12.6 Å². The third-order valence-electron chi connectivity index (χ3n) is 4.62. The Kier molecular flexibility index (Phi) is 3.50. The van der Waals surface area contributed by atoms with Crippen molar-refractivity contribution in [3.63, 3.8) is 0 Å². The van der Waals surface area contributed by atoms with Crippen LogP contribution in [0.4, 0.5) is 0 Å². The summed E-state index contributed by atoms with van der Waals surface area (Å²) < 4.78 is 5.66. The highest BCUT2D eigenvalue weighted by Gasteiger charge is 2.37. The lowest BCUT2D eigenvalue weighted by molar-refractivity contribution is 0.376. The normalized spacial score (nSPS) is 21.0. The highest BCUT2D eigenvalue weighted by molar-refractivity contribution is 5.54. The first-order valence-corrected chi connectivity index (χ1v) is 7.59. The molecule has 0 radical (unpaired) electrons. The predicted octanol–water partition coefficient (Wildman–Crippen LogP) is 3.85. The molecule has 110 valence electrons. The van der Waals surface area contributed by atoms with Gasteiger partial charge in [-0.2, -0.15) is 0 Å². The molecule has 2 aromatic carbocycles. The Hall–Kier alpha value is -1.80. The number of aryl methyl sites for hydroxylation is 3. The maximum Gasteiger partial charge on any atom is 0.124 e. The van der Waals surface area contributed by atoms with Gasteiger partial charge >= 0.3 is 0 Å². The molecule has 0 heterocycles. The largest absolute Gasteiger partial charge is 0.496 e. The van der Waals surface area contributed by atoms with Crippen LogP contribution in [0.3, 0.4) is 0 Å². The summed E-state index contributed by atoms with van der Waals surface area (Å²) in [5.41, 5.74) is 12.7. The standard InChI is InChI=1S/C19H23NO/c1-13-11-14(2)18(17(12-13)21-3)19(20)10-6-8-15-7-4-5-9-16(15)19/h4-5,7,9,11-12H,6,8,10,20H2,1-3H3. The minimum Gasteiger partial charge on any atom is -0.496 e. The third kappa shape index (κ3) is 2.24. The van der Waals surface area contributed by atoms with Gasteiger partial charge in [0.25, 0.3) is 0 Å². The molecule has 2 N–H and O–H groups in total. The fraction of sp³-hybridized carbons (Fsp3) is 0.368. The van der Waals surface area contributed by atoms with Crippen LogP contribution >= 0.6 is 0 Å². The van der Waals surface area contributed by atoms with E-state index in [2.05, 4.69) is 50.2 Å². The van der Waals surface area contributed by atoms with E-state index in [1.807, 2.05) is 0 Å². The van der Waals surface area contributed by atoms with Crippen molar-refractivity contribution < 1.29 is 4.74 Å². The second-order valence-electron chi connectivity index (χ2n) is 6.14. The Bertz CT molecular complexity index is 677. The first-order valence-electron chi connectivity index (χ1n) is 7.59. The van der Waals surface area contributed by atoms with E-state index in [1.165, 1.54) is 22.3 Å². The zero-order valence-electron chi connectivity index (χ0n) is 13.1. The lowest BCUT2D eigenvalue weighted by Gasteiger charge is -2.38. The summed E-state index contributed by atoms with van der Waals surface area (Å²) in [4.78, 5) is 0. The van der Waals surface area contributed by atoms with Gasteiger partial charge in [-0.25, -0.2) is 0 Å². The van der Waals surface area contributed by atoms with Gasteiger partial charge in [0, 0.05) is 5.56 Å². The molecule has 1 aliphatic rings. The van der Waals surface area contributed by atoms with E-state index in [0.29, 0.717) is 0 Å². The minimum absolute atomic E-state index is 0.446. The van der Waals surface area contributed by atoms with Crippen LogP contribution in [0.2, 0.25) is 0 Å². The molecular weight excluding hydrogens is 258 g/mol. The Morgan fingerprint density at radius 2 is 1.90 bits per heavy atom. The number of rotatable bonds is 2. The van der Waals surface area contributed by atoms with Crippen LogP contribution in [-0.4, -0.2) is 7.11 Å². The molecule has 0 saturated carbocycles. The second kappa shape index (κ2) is 5.19. The first-order chi connectivity index (χ1) is 10.1. The number of methoxy groups -OCH3 is 1. The molecule has 2 aromatic rings. The molecule has 1 atom stereocenters. The number of nitrogens with two attached hydrogens (primary N) is 1. The molecule has 1 aliphatic carbocycles. The van der Waals surface area contributed by atoms with Crippen molar-refractivity contribution in [1.29, 1.82) is 0 Å². The van der Waals surface area contributed by atoms with E-state index >= 15 is 0 Å². The van der Waals surface area contributed by atoms with Crippen molar-refractivity contribution in [2.45, 2.75) is 38.6 Å². The van der Waals surface area contributed by atoms with Crippen LogP contribution in [-0.2, 0) is 12.0 Å². The molecule has 0 saturated heterocycles. The smallest absolute Gasteiger partial charge is 0.124 e. The van der Waals surface area contributed by atoms with Gasteiger partial charge in [-0.1, -0.05) is 30.3 Å². The average molecular weight is 281 g/mol. The average Bonchev–Trinajstić information content (AvgIpc) is 2.46. The number of hydrogen-bond acceptors (Lipinski definition) is 2. The number of ether oxygens (including phenoxy) is 1. The molecule has 3 rings (SSSR count). The number of fused-ring (bicyclic) bond motifs is 1. The van der Waals surface area contributed by atoms with Crippen molar-refractivity contribution in [2.75, 3.05) is 7.11 Å². The minimum atomic E-state index is -0.446. The van der Waals surface area contributed by atoms with Gasteiger partial charge in [-0.3, -0.25) is 0 Å². The lowest BCUT2D eigenvalue weighted by Crippen LogP contribution is -2.42. The fourth-order valence-corrected chi connectivity index (χ4v) is 3.79. The van der Waals surface area contributed by atoms with E-state index in [0.717, 1.165) is 30.6 Å². The molecular formula is C19H23NO. The Morgan fingerprint density at radius 1 is 1.14 bits per heavy atom. The lowest BCUT2D eigenvalue weighted by atomic mass is 9.71. The van der Waals surface area contributed by atoms with Crippen molar-refractivity contribution in [2.24, 2.45) is 5.73 Å². The first kappa shape index (κ1) is 14.2. The van der Waals surface area contributed by atoms with Gasteiger partial charge in [0.15, 0.2) is 0 Å². The molecule has 21 heavy (non-hydrogen) atoms. The summed E-state index contributed by atoms with van der Waals surface area (Å²) >= 11 is 0. The summed E-state index contributed by atoms with van der Waals surface area (Å²) in [7, 11) is 1.73. The van der Waals surface area contributed by atoms with E-state index in [4.69, 9.17) is 10.5 Å². The van der Waals surface area contributed by atoms with Crippen LogP contribution in [0.15, 0.2) is 36.4 Å². The molecule has 0 fully saturated rings. The monoisotopic (exact) mass is 281 g/mol. The van der Waals surface area contributed by atoms with Gasteiger partial charge in [-0.05, 0) is 61.4 Å². The molecule has 1 unspecified atom stereocenters. The second-order valence-corrected chi connectivity index (χ2v) is 6.14. The Labute approximate surface area is 126 Å². The van der Waals surface area contributed by atoms with E-state index in [-0.39, 0.29) is 0 Å². The summed E-state index contributed by atoms with van der Waals surface area (Å²) in [6, 6.07) is 12.8. The van der Waals surface area contributed by atoms with E-state index < -0.39 is 5.54 Å². The fourth-order valence-electron chi connectivity index (χ4n) is 3.79. The van der Waals surface area contributed by atoms with Crippen molar-refractivity contribution in [3.8, 4) is 5.75 Å². The topological polar surface area (TPSA) is 35.2 Å². The maximum atomic E-state index is 6.94. The van der Waals surface area contributed by atoms with Crippen LogP contribution in [0.1, 0.15) is 40.7 Å². The summed E-state index contributed by atoms with van der Waals surface area (Å²) in [5.74, 6) is 0.909. The quantitative estimate of drug-likeness (QED) is 0.907. The number of hydrogen-bond donors (Lipinski definition) is 1. The molecule has 0 amide bonds. The van der Waals surface area contributed by atoms with E-state index in [9.17, 15) is 0 Å². The molecule has 0 bridgehead atoms. The SMILES string of the molecule is COc1cc(C)cc(C)c1C1(N)CCCc2ccccc21. The molecule has 0 aliphatic heterocycles. The summed E-state index contributed by atoms with van der Waals surface area (Å²) in [6.07, 6.45) is 3.19. The summed E-state index contributed by atoms with van der Waals surface area (Å²) in [6.45, 7) is 4.23. The Balaban J connectivity index is 2.26. The highest BCUT2D eigenvalue weighted by Crippen LogP contribution is 2.43.